The van der Waals surface area contributed by atoms with Crippen LogP contribution in [0.25, 0.3) is 0 Å². The molecule has 0 radical (unpaired) electrons. The number of para-hydroxylation sites is 1. The van der Waals surface area contributed by atoms with E-state index in [0.29, 0.717) is 34.1 Å². The van der Waals surface area contributed by atoms with Crippen LogP contribution in [-0.4, -0.2) is 25.2 Å². The average Bonchev–Trinajstić information content (AvgIpc) is 3.20. The SMILES string of the molecule is O=C(CNc1ccccc1C(=O)Nc1ccc2c(c1)OCO2)Nc1cccc(F)c1. The highest BCUT2D eigenvalue weighted by molar-refractivity contribution is 6.08. The first-order valence-corrected chi connectivity index (χ1v) is 9.18. The maximum absolute atomic E-state index is 13.2. The van der Waals surface area contributed by atoms with E-state index in [0.717, 1.165) is 0 Å². The van der Waals surface area contributed by atoms with E-state index in [1.54, 1.807) is 48.5 Å². The van der Waals surface area contributed by atoms with Crippen molar-refractivity contribution in [1.29, 1.82) is 0 Å². The molecule has 1 aliphatic heterocycles. The summed E-state index contributed by atoms with van der Waals surface area (Å²) in [7, 11) is 0. The van der Waals surface area contributed by atoms with Crippen molar-refractivity contribution in [2.45, 2.75) is 0 Å². The molecule has 0 fully saturated rings. The minimum absolute atomic E-state index is 0.0924. The van der Waals surface area contributed by atoms with E-state index < -0.39 is 5.82 Å². The topological polar surface area (TPSA) is 88.7 Å². The lowest BCUT2D eigenvalue weighted by molar-refractivity contribution is -0.114. The molecule has 30 heavy (non-hydrogen) atoms. The second-order valence-electron chi connectivity index (χ2n) is 6.48. The molecule has 0 saturated heterocycles. The van der Waals surface area contributed by atoms with E-state index >= 15 is 0 Å². The van der Waals surface area contributed by atoms with Gasteiger partial charge in [-0.15, -0.1) is 0 Å². The molecule has 3 aromatic rings. The first-order valence-electron chi connectivity index (χ1n) is 9.18. The summed E-state index contributed by atoms with van der Waals surface area (Å²) in [6, 6.07) is 17.6. The van der Waals surface area contributed by atoms with Crippen molar-refractivity contribution in [1.82, 2.24) is 0 Å². The van der Waals surface area contributed by atoms with Gasteiger partial charge in [0.1, 0.15) is 5.82 Å². The molecule has 1 aliphatic rings. The molecule has 0 aromatic heterocycles. The van der Waals surface area contributed by atoms with Crippen molar-refractivity contribution in [2.24, 2.45) is 0 Å². The standard InChI is InChI=1S/C22H18FN3O4/c23-14-4-3-5-15(10-14)25-21(27)12-24-18-7-2-1-6-17(18)22(28)26-16-8-9-19-20(11-16)30-13-29-19/h1-11,24H,12-13H2,(H,25,27)(H,26,28). The van der Waals surface area contributed by atoms with Crippen LogP contribution in [-0.2, 0) is 4.79 Å². The fourth-order valence-corrected chi connectivity index (χ4v) is 2.95. The van der Waals surface area contributed by atoms with Gasteiger partial charge in [0.25, 0.3) is 5.91 Å². The fourth-order valence-electron chi connectivity index (χ4n) is 2.95. The third-order valence-corrected chi connectivity index (χ3v) is 4.35. The highest BCUT2D eigenvalue weighted by atomic mass is 19.1. The van der Waals surface area contributed by atoms with Gasteiger partial charge < -0.3 is 25.4 Å². The van der Waals surface area contributed by atoms with Gasteiger partial charge in [0.2, 0.25) is 12.7 Å². The summed E-state index contributed by atoms with van der Waals surface area (Å²) in [6.45, 7) is 0.0575. The first-order chi connectivity index (χ1) is 14.6. The Labute approximate surface area is 171 Å². The lowest BCUT2D eigenvalue weighted by Crippen LogP contribution is -2.23. The first kappa shape index (κ1) is 19.3. The Bertz CT molecular complexity index is 1100. The van der Waals surface area contributed by atoms with Gasteiger partial charge in [-0.05, 0) is 42.5 Å². The Morgan fingerprint density at radius 2 is 1.67 bits per heavy atom. The van der Waals surface area contributed by atoms with E-state index in [4.69, 9.17) is 9.47 Å². The lowest BCUT2D eigenvalue weighted by atomic mass is 10.1. The molecule has 3 aromatic carbocycles. The van der Waals surface area contributed by atoms with Crippen LogP contribution in [0.15, 0.2) is 66.7 Å². The smallest absolute Gasteiger partial charge is 0.257 e. The van der Waals surface area contributed by atoms with E-state index in [2.05, 4.69) is 16.0 Å². The number of nitrogens with one attached hydrogen (secondary N) is 3. The monoisotopic (exact) mass is 407 g/mol. The zero-order valence-corrected chi connectivity index (χ0v) is 15.8. The summed E-state index contributed by atoms with van der Waals surface area (Å²) in [5, 5.41) is 8.35. The molecule has 3 N–H and O–H groups in total. The van der Waals surface area contributed by atoms with Crippen molar-refractivity contribution in [3.8, 4) is 11.5 Å². The van der Waals surface area contributed by atoms with Crippen LogP contribution in [0, 0.1) is 5.82 Å². The lowest BCUT2D eigenvalue weighted by Gasteiger charge is -2.13. The Balaban J connectivity index is 1.40. The van der Waals surface area contributed by atoms with Crippen molar-refractivity contribution in [2.75, 3.05) is 29.3 Å². The van der Waals surface area contributed by atoms with E-state index in [1.807, 2.05) is 0 Å². The molecule has 8 heteroatoms. The van der Waals surface area contributed by atoms with Crippen LogP contribution in [0.1, 0.15) is 10.4 Å². The Hall–Kier alpha value is -4.07. The number of carbonyl (C=O) groups excluding carboxylic acids is 2. The molecule has 2 amide bonds. The quantitative estimate of drug-likeness (QED) is 0.578. The van der Waals surface area contributed by atoms with Crippen LogP contribution in [0.2, 0.25) is 0 Å². The van der Waals surface area contributed by atoms with Crippen LogP contribution < -0.4 is 25.4 Å². The zero-order valence-electron chi connectivity index (χ0n) is 15.8. The largest absolute Gasteiger partial charge is 0.454 e. The minimum atomic E-state index is -0.439. The fraction of sp³-hybridized carbons (Fsp3) is 0.0909. The molecule has 7 nitrogen and oxygen atoms in total. The summed E-state index contributed by atoms with van der Waals surface area (Å²) in [5.41, 5.74) is 1.78. The van der Waals surface area contributed by atoms with Gasteiger partial charge in [0.05, 0.1) is 12.1 Å². The van der Waals surface area contributed by atoms with Crippen molar-refractivity contribution < 1.29 is 23.5 Å². The van der Waals surface area contributed by atoms with E-state index in [1.165, 1.54) is 18.2 Å². The highest BCUT2D eigenvalue weighted by Gasteiger charge is 2.16. The maximum atomic E-state index is 13.2. The van der Waals surface area contributed by atoms with Crippen molar-refractivity contribution in [3.05, 3.63) is 78.1 Å². The number of hydrogen-bond donors (Lipinski definition) is 3. The summed E-state index contributed by atoms with van der Waals surface area (Å²) >= 11 is 0. The molecule has 0 aliphatic carbocycles. The van der Waals surface area contributed by atoms with Crippen molar-refractivity contribution in [3.63, 3.8) is 0 Å². The van der Waals surface area contributed by atoms with Gasteiger partial charge in [0.15, 0.2) is 11.5 Å². The molecule has 152 valence electrons. The number of anilines is 3. The second-order valence-corrected chi connectivity index (χ2v) is 6.48. The van der Waals surface area contributed by atoms with Crippen LogP contribution in [0.5, 0.6) is 11.5 Å². The number of halogens is 1. The molecule has 0 unspecified atom stereocenters. The van der Waals surface area contributed by atoms with Crippen molar-refractivity contribution >= 4 is 28.9 Å². The van der Waals surface area contributed by atoms with Gasteiger partial charge in [-0.3, -0.25) is 9.59 Å². The Morgan fingerprint density at radius 1 is 0.867 bits per heavy atom. The number of amides is 2. The van der Waals surface area contributed by atoms with Crippen LogP contribution >= 0.6 is 0 Å². The number of carbonyl (C=O) groups is 2. The second kappa shape index (κ2) is 8.52. The van der Waals surface area contributed by atoms with Gasteiger partial charge >= 0.3 is 0 Å². The van der Waals surface area contributed by atoms with Gasteiger partial charge in [-0.25, -0.2) is 4.39 Å². The summed E-state index contributed by atoms with van der Waals surface area (Å²) < 4.78 is 23.8. The maximum Gasteiger partial charge on any atom is 0.257 e. The molecule has 0 saturated carbocycles. The molecule has 1 heterocycles. The summed E-state index contributed by atoms with van der Waals surface area (Å²) in [6.07, 6.45) is 0. The Morgan fingerprint density at radius 3 is 2.53 bits per heavy atom. The van der Waals surface area contributed by atoms with E-state index in [-0.39, 0.29) is 25.2 Å². The molecular weight excluding hydrogens is 389 g/mol. The third-order valence-electron chi connectivity index (χ3n) is 4.35. The van der Waals surface area contributed by atoms with Crippen LogP contribution in [0.3, 0.4) is 0 Å². The van der Waals surface area contributed by atoms with Gasteiger partial charge in [-0.2, -0.15) is 0 Å². The summed E-state index contributed by atoms with van der Waals surface area (Å²) in [5.74, 6) is 0.0352. The minimum Gasteiger partial charge on any atom is -0.454 e. The Kier molecular flexibility index (Phi) is 5.47. The predicted molar refractivity (Wildman–Crippen MR) is 110 cm³/mol. The highest BCUT2D eigenvalue weighted by Crippen LogP contribution is 2.34. The summed E-state index contributed by atoms with van der Waals surface area (Å²) in [4.78, 5) is 24.9. The number of ether oxygens (including phenoxy) is 2. The van der Waals surface area contributed by atoms with E-state index in [9.17, 15) is 14.0 Å². The van der Waals surface area contributed by atoms with Gasteiger partial charge in [0, 0.05) is 23.1 Å². The normalized spacial score (nSPS) is 11.6. The number of rotatable bonds is 6. The number of hydrogen-bond acceptors (Lipinski definition) is 5. The number of benzene rings is 3. The molecule has 0 atom stereocenters. The zero-order chi connectivity index (χ0) is 20.9. The average molecular weight is 407 g/mol. The molecular formula is C22H18FN3O4. The molecule has 4 rings (SSSR count). The number of fused-ring (bicyclic) bond motifs is 1. The van der Waals surface area contributed by atoms with Gasteiger partial charge in [-0.1, -0.05) is 18.2 Å². The predicted octanol–water partition coefficient (Wildman–Crippen LogP) is 3.86. The third kappa shape index (κ3) is 4.49. The molecule has 0 spiro atoms. The molecule has 0 bridgehead atoms. The van der Waals surface area contributed by atoms with Crippen LogP contribution in [0.4, 0.5) is 21.5 Å².